The predicted molar refractivity (Wildman–Crippen MR) is 122 cm³/mol. The summed E-state index contributed by atoms with van der Waals surface area (Å²) in [5.41, 5.74) is 3.41. The van der Waals surface area contributed by atoms with Crippen molar-refractivity contribution in [1.82, 2.24) is 0 Å². The summed E-state index contributed by atoms with van der Waals surface area (Å²) in [5, 5.41) is 0. The Morgan fingerprint density at radius 1 is 1.03 bits per heavy atom. The minimum Gasteiger partial charge on any atom is -0.497 e. The van der Waals surface area contributed by atoms with E-state index in [2.05, 4.69) is 13.8 Å². The number of fused-ring (bicyclic) bond motifs is 1. The molecule has 0 bridgehead atoms. The molecule has 1 aliphatic heterocycles. The lowest BCUT2D eigenvalue weighted by molar-refractivity contribution is -0.129. The number of carbonyl (C=O) groups excluding carboxylic acids is 2. The van der Waals surface area contributed by atoms with E-state index in [1.54, 1.807) is 53.8 Å². The van der Waals surface area contributed by atoms with E-state index in [4.69, 9.17) is 9.47 Å². The van der Waals surface area contributed by atoms with E-state index < -0.39 is 5.97 Å². The molecule has 6 heteroatoms. The first kappa shape index (κ1) is 20.4. The maximum Gasteiger partial charge on any atom is 0.350 e. The Hall–Kier alpha value is -2.83. The first-order valence-electron chi connectivity index (χ1n) is 9.41. The number of rotatable bonds is 5. The molecule has 0 N–H and O–H groups in total. The number of ketones is 1. The van der Waals surface area contributed by atoms with E-state index >= 15 is 0 Å². The number of thioether (sulfide) groups is 1. The third kappa shape index (κ3) is 3.93. The van der Waals surface area contributed by atoms with Gasteiger partial charge in [0.25, 0.3) is 0 Å². The van der Waals surface area contributed by atoms with Crippen molar-refractivity contribution in [3.05, 3.63) is 85.4 Å². The highest BCUT2D eigenvalue weighted by atomic mass is 32.2. The van der Waals surface area contributed by atoms with Gasteiger partial charge >= 0.3 is 5.97 Å². The highest BCUT2D eigenvalue weighted by Gasteiger charge is 2.24. The van der Waals surface area contributed by atoms with Gasteiger partial charge in [0, 0.05) is 27.1 Å². The SMILES string of the molecule is COc1ccc(C(=O)c2ccccc2)c(OC(=O)C2=Cc3sc(C)c(C)c3CS2)c1. The van der Waals surface area contributed by atoms with Crippen LogP contribution in [0.2, 0.25) is 0 Å². The fourth-order valence-electron chi connectivity index (χ4n) is 3.22. The molecule has 2 aromatic carbocycles. The van der Waals surface area contributed by atoms with E-state index in [1.807, 2.05) is 12.1 Å². The predicted octanol–water partition coefficient (Wildman–Crippen LogP) is 5.80. The highest BCUT2D eigenvalue weighted by molar-refractivity contribution is 8.03. The molecule has 0 aliphatic carbocycles. The second-order valence-corrected chi connectivity index (χ2v) is 9.14. The first-order valence-corrected chi connectivity index (χ1v) is 11.2. The normalized spacial score (nSPS) is 12.7. The Bertz CT molecular complexity index is 1160. The Balaban J connectivity index is 1.65. The zero-order valence-electron chi connectivity index (χ0n) is 16.9. The molecular weight excluding hydrogens is 416 g/mol. The van der Waals surface area contributed by atoms with Gasteiger partial charge in [0.15, 0.2) is 5.78 Å². The number of thiophene rings is 1. The van der Waals surface area contributed by atoms with Crippen LogP contribution >= 0.6 is 23.1 Å². The summed E-state index contributed by atoms with van der Waals surface area (Å²) in [4.78, 5) is 28.8. The van der Waals surface area contributed by atoms with Crippen LogP contribution in [-0.2, 0) is 10.5 Å². The second kappa shape index (κ2) is 8.50. The lowest BCUT2D eigenvalue weighted by Gasteiger charge is -2.15. The maximum absolute atomic E-state index is 13.0. The van der Waals surface area contributed by atoms with Gasteiger partial charge in [-0.1, -0.05) is 30.3 Å². The number of carbonyl (C=O) groups is 2. The summed E-state index contributed by atoms with van der Waals surface area (Å²) < 4.78 is 11.0. The maximum atomic E-state index is 13.0. The molecule has 152 valence electrons. The van der Waals surface area contributed by atoms with Crippen molar-refractivity contribution in [2.24, 2.45) is 0 Å². The standard InChI is InChI=1S/C24H20O4S2/c1-14-15(2)30-21-12-22(29-13-19(14)21)24(26)28-20-11-17(27-3)9-10-18(20)23(25)16-7-5-4-6-8-16/h4-12H,13H2,1-3H3. The molecule has 30 heavy (non-hydrogen) atoms. The molecule has 0 spiro atoms. The second-order valence-electron chi connectivity index (χ2n) is 6.87. The summed E-state index contributed by atoms with van der Waals surface area (Å²) >= 11 is 3.14. The Kier molecular flexibility index (Phi) is 5.79. The van der Waals surface area contributed by atoms with Gasteiger partial charge in [-0.2, -0.15) is 0 Å². The van der Waals surface area contributed by atoms with Crippen LogP contribution in [0.1, 0.15) is 36.8 Å². The third-order valence-electron chi connectivity index (χ3n) is 5.05. The van der Waals surface area contributed by atoms with Gasteiger partial charge < -0.3 is 9.47 Å². The summed E-state index contributed by atoms with van der Waals surface area (Å²) in [5.74, 6) is 0.766. The van der Waals surface area contributed by atoms with Gasteiger partial charge in [-0.25, -0.2) is 4.79 Å². The summed E-state index contributed by atoms with van der Waals surface area (Å²) in [6.45, 7) is 4.20. The van der Waals surface area contributed by atoms with E-state index in [0.717, 1.165) is 10.6 Å². The van der Waals surface area contributed by atoms with Gasteiger partial charge in [0.1, 0.15) is 11.5 Å². The van der Waals surface area contributed by atoms with Crippen LogP contribution in [0.25, 0.3) is 6.08 Å². The molecule has 4 rings (SSSR count). The van der Waals surface area contributed by atoms with Crippen LogP contribution in [-0.4, -0.2) is 18.9 Å². The minimum absolute atomic E-state index is 0.194. The van der Waals surface area contributed by atoms with Crippen LogP contribution in [0.4, 0.5) is 0 Å². The molecule has 3 aromatic rings. The molecule has 0 amide bonds. The van der Waals surface area contributed by atoms with Crippen molar-refractivity contribution in [3.8, 4) is 11.5 Å². The van der Waals surface area contributed by atoms with Crippen molar-refractivity contribution < 1.29 is 19.1 Å². The van der Waals surface area contributed by atoms with E-state index in [9.17, 15) is 9.59 Å². The van der Waals surface area contributed by atoms with Crippen LogP contribution in [0, 0.1) is 13.8 Å². The number of benzene rings is 2. The molecule has 0 saturated carbocycles. The molecule has 4 nitrogen and oxygen atoms in total. The average Bonchev–Trinajstić information content (AvgIpc) is 3.06. The van der Waals surface area contributed by atoms with Crippen LogP contribution in [0.15, 0.2) is 53.4 Å². The van der Waals surface area contributed by atoms with Crippen molar-refractivity contribution >= 4 is 40.9 Å². The highest BCUT2D eigenvalue weighted by Crippen LogP contribution is 2.40. The third-order valence-corrected chi connectivity index (χ3v) is 7.27. The summed E-state index contributed by atoms with van der Waals surface area (Å²) in [6, 6.07) is 13.8. The van der Waals surface area contributed by atoms with Gasteiger partial charge in [-0.05, 0) is 43.2 Å². The van der Waals surface area contributed by atoms with Crippen molar-refractivity contribution in [2.75, 3.05) is 7.11 Å². The zero-order valence-corrected chi connectivity index (χ0v) is 18.5. The Labute approximate surface area is 183 Å². The largest absolute Gasteiger partial charge is 0.497 e. The van der Waals surface area contributed by atoms with Gasteiger partial charge in [0.2, 0.25) is 0 Å². The molecule has 1 aliphatic rings. The molecule has 0 atom stereocenters. The smallest absolute Gasteiger partial charge is 0.350 e. The topological polar surface area (TPSA) is 52.6 Å². The average molecular weight is 437 g/mol. The molecule has 0 fully saturated rings. The van der Waals surface area contributed by atoms with E-state index in [0.29, 0.717) is 21.8 Å². The minimum atomic E-state index is -0.468. The molecule has 1 aromatic heterocycles. The number of hydrogen-bond acceptors (Lipinski definition) is 6. The number of ether oxygens (including phenoxy) is 2. The van der Waals surface area contributed by atoms with E-state index in [1.165, 1.54) is 34.9 Å². The number of methoxy groups -OCH3 is 1. The molecule has 0 saturated heterocycles. The first-order chi connectivity index (χ1) is 14.5. The van der Waals surface area contributed by atoms with Gasteiger partial charge in [-0.3, -0.25) is 4.79 Å². The number of aryl methyl sites for hydroxylation is 1. The van der Waals surface area contributed by atoms with Crippen molar-refractivity contribution in [2.45, 2.75) is 19.6 Å². The van der Waals surface area contributed by atoms with E-state index in [-0.39, 0.29) is 11.5 Å². The number of esters is 1. The van der Waals surface area contributed by atoms with Crippen LogP contribution < -0.4 is 9.47 Å². The molecule has 2 heterocycles. The van der Waals surface area contributed by atoms with Gasteiger partial charge in [0.05, 0.1) is 17.6 Å². The van der Waals surface area contributed by atoms with Crippen LogP contribution in [0.5, 0.6) is 11.5 Å². The van der Waals surface area contributed by atoms with Crippen LogP contribution in [0.3, 0.4) is 0 Å². The lowest BCUT2D eigenvalue weighted by atomic mass is 10.0. The Morgan fingerprint density at radius 2 is 1.80 bits per heavy atom. The molecule has 0 unspecified atom stereocenters. The molecular formula is C24H20O4S2. The Morgan fingerprint density at radius 3 is 2.53 bits per heavy atom. The number of hydrogen-bond donors (Lipinski definition) is 0. The summed E-state index contributed by atoms with van der Waals surface area (Å²) in [6.07, 6.45) is 1.88. The zero-order chi connectivity index (χ0) is 21.3. The summed E-state index contributed by atoms with van der Waals surface area (Å²) in [7, 11) is 1.53. The fraction of sp³-hybridized carbons (Fsp3) is 0.167. The lowest BCUT2D eigenvalue weighted by Crippen LogP contribution is -2.14. The monoisotopic (exact) mass is 436 g/mol. The molecule has 0 radical (unpaired) electrons. The fourth-order valence-corrected chi connectivity index (χ4v) is 5.55. The van der Waals surface area contributed by atoms with Crippen molar-refractivity contribution in [3.63, 3.8) is 0 Å². The quantitative estimate of drug-likeness (QED) is 0.287. The van der Waals surface area contributed by atoms with Gasteiger partial charge in [-0.15, -0.1) is 23.1 Å². The van der Waals surface area contributed by atoms with Crippen molar-refractivity contribution in [1.29, 1.82) is 0 Å².